The summed E-state index contributed by atoms with van der Waals surface area (Å²) >= 11 is 0. The lowest BCUT2D eigenvalue weighted by Crippen LogP contribution is -2.59. The molecule has 5 heteroatoms. The second kappa shape index (κ2) is 14.6. The highest BCUT2D eigenvalue weighted by atomic mass is 16.5. The summed E-state index contributed by atoms with van der Waals surface area (Å²) in [5.74, 6) is 1.76. The fourth-order valence-electron chi connectivity index (χ4n) is 13.4. The van der Waals surface area contributed by atoms with Gasteiger partial charge in [0.05, 0.1) is 27.8 Å². The van der Waals surface area contributed by atoms with Gasteiger partial charge in [0.25, 0.3) is 0 Å². The number of ether oxygens (including phenoxy) is 1. The largest absolute Gasteiger partial charge is 0.468 e. The van der Waals surface area contributed by atoms with Gasteiger partial charge in [0.2, 0.25) is 0 Å². The Labute approximate surface area is 434 Å². The maximum atomic E-state index is 7.60. The van der Waals surface area contributed by atoms with Crippen LogP contribution in [0.3, 0.4) is 0 Å². The highest BCUT2D eigenvalue weighted by Gasteiger charge is 2.54. The molecule has 4 heterocycles. The number of furan rings is 1. The second-order valence-corrected chi connectivity index (χ2v) is 24.5. The number of rotatable bonds is 2. The third-order valence-corrected chi connectivity index (χ3v) is 17.1. The smallest absolute Gasteiger partial charge is 0.301 e. The number of anilines is 3. The van der Waals surface area contributed by atoms with Crippen LogP contribution in [-0.4, -0.2) is 11.3 Å². The summed E-state index contributed by atoms with van der Waals surface area (Å²) in [5, 5.41) is 3.61. The van der Waals surface area contributed by atoms with Gasteiger partial charge in [0, 0.05) is 38.7 Å². The molecular formula is C69H57BN2O2. The van der Waals surface area contributed by atoms with Gasteiger partial charge in [-0.25, -0.2) is 0 Å². The molecule has 2 aromatic heterocycles. The zero-order chi connectivity index (χ0) is 50.4. The molecule has 9 aromatic carbocycles. The Morgan fingerprint density at radius 1 is 0.432 bits per heavy atom. The van der Waals surface area contributed by atoms with Crippen molar-refractivity contribution in [2.75, 3.05) is 4.90 Å². The lowest BCUT2D eigenvalue weighted by atomic mass is 9.36. The quantitative estimate of drug-likeness (QED) is 0.162. The molecule has 0 amide bonds. The highest BCUT2D eigenvalue weighted by molar-refractivity contribution is 6.99. The first-order chi connectivity index (χ1) is 35.6. The van der Waals surface area contributed by atoms with E-state index in [0.29, 0.717) is 0 Å². The first kappa shape index (κ1) is 43.6. The fourth-order valence-corrected chi connectivity index (χ4v) is 13.4. The number of hydrogen-bond donors (Lipinski definition) is 0. The van der Waals surface area contributed by atoms with Gasteiger partial charge >= 0.3 is 6.71 Å². The van der Waals surface area contributed by atoms with Crippen LogP contribution in [-0.2, 0) is 21.7 Å². The third-order valence-electron chi connectivity index (χ3n) is 17.1. The van der Waals surface area contributed by atoms with E-state index in [1.54, 1.807) is 0 Å². The summed E-state index contributed by atoms with van der Waals surface area (Å²) in [4.78, 5) is 2.52. The van der Waals surface area contributed by atoms with Crippen LogP contribution in [0.4, 0.5) is 17.1 Å². The molecule has 74 heavy (non-hydrogen) atoms. The molecule has 4 aliphatic rings. The van der Waals surface area contributed by atoms with E-state index in [2.05, 4.69) is 254 Å². The molecule has 0 bridgehead atoms. The van der Waals surface area contributed by atoms with Gasteiger partial charge in [-0.2, -0.15) is 0 Å². The molecule has 358 valence electrons. The van der Waals surface area contributed by atoms with Crippen LogP contribution in [0.1, 0.15) is 101 Å². The topological polar surface area (TPSA) is 30.5 Å². The van der Waals surface area contributed by atoms with Crippen molar-refractivity contribution < 1.29 is 9.15 Å². The normalized spacial score (nSPS) is 16.0. The van der Waals surface area contributed by atoms with Crippen molar-refractivity contribution in [3.8, 4) is 39.4 Å². The predicted octanol–water partition coefficient (Wildman–Crippen LogP) is 16.2. The van der Waals surface area contributed by atoms with Crippen molar-refractivity contribution in [3.05, 3.63) is 221 Å². The van der Waals surface area contributed by atoms with Crippen molar-refractivity contribution in [1.29, 1.82) is 0 Å². The molecule has 0 unspecified atom stereocenters. The van der Waals surface area contributed by atoms with Gasteiger partial charge in [-0.1, -0.05) is 178 Å². The molecule has 1 spiro atoms. The maximum Gasteiger partial charge on any atom is 0.301 e. The lowest BCUT2D eigenvalue weighted by molar-refractivity contribution is 0.482. The maximum absolute atomic E-state index is 7.60. The Morgan fingerprint density at radius 2 is 0.973 bits per heavy atom. The minimum absolute atomic E-state index is 0.0780. The van der Waals surface area contributed by atoms with Crippen molar-refractivity contribution in [2.24, 2.45) is 0 Å². The first-order valence-corrected chi connectivity index (χ1v) is 26.4. The standard InChI is InChI=1S/C69H57BN2O2/c1-66(2,3)40-32-41(67(4,5)6)34-44(33-40)72-59-35-42(68(7,8)9)36-62-63(59)70(65-64(72)50-24-14-19-29-60(50)74-65)56-38-51-46-21-11-16-26-53(46)69(55(51)39-61(56)73-62)52-25-15-10-20-45(52)47-31-30-43(37-54(47)69)71-57-27-17-12-22-48(57)49-23-13-18-28-58(49)71/h10-39H,1-9H3/t69-/m1/s1. The number of aromatic nitrogens is 1. The van der Waals surface area contributed by atoms with Crippen LogP contribution < -0.4 is 26.2 Å². The van der Waals surface area contributed by atoms with Crippen molar-refractivity contribution in [3.63, 3.8) is 0 Å². The Hall–Kier alpha value is -8.02. The van der Waals surface area contributed by atoms with Crippen LogP contribution in [0.15, 0.2) is 186 Å². The van der Waals surface area contributed by atoms with Gasteiger partial charge in [-0.15, -0.1) is 0 Å². The number of hydrogen-bond acceptors (Lipinski definition) is 3. The Kier molecular flexibility index (Phi) is 8.59. The zero-order valence-corrected chi connectivity index (χ0v) is 43.6. The average molecular weight is 957 g/mol. The lowest BCUT2D eigenvalue weighted by Gasteiger charge is -2.40. The molecule has 4 nitrogen and oxygen atoms in total. The molecule has 0 N–H and O–H groups in total. The van der Waals surface area contributed by atoms with E-state index < -0.39 is 5.41 Å². The average Bonchev–Trinajstić information content (AvgIpc) is 4.15. The highest BCUT2D eigenvalue weighted by Crippen LogP contribution is 2.64. The summed E-state index contributed by atoms with van der Waals surface area (Å²) < 4.78 is 17.4. The molecule has 2 aliphatic carbocycles. The number of benzene rings is 9. The van der Waals surface area contributed by atoms with Crippen LogP contribution >= 0.6 is 0 Å². The zero-order valence-electron chi connectivity index (χ0n) is 43.6. The van der Waals surface area contributed by atoms with E-state index in [0.717, 1.165) is 61.8 Å². The van der Waals surface area contributed by atoms with Crippen LogP contribution in [0, 0.1) is 0 Å². The van der Waals surface area contributed by atoms with Gasteiger partial charge in [-0.05, 0) is 150 Å². The molecule has 0 radical (unpaired) electrons. The van der Waals surface area contributed by atoms with Crippen molar-refractivity contribution in [1.82, 2.24) is 4.57 Å². The van der Waals surface area contributed by atoms with Crippen LogP contribution in [0.2, 0.25) is 0 Å². The predicted molar refractivity (Wildman–Crippen MR) is 309 cm³/mol. The molecule has 0 fully saturated rings. The summed E-state index contributed by atoms with van der Waals surface area (Å²) in [6.45, 7) is 20.7. The monoisotopic (exact) mass is 956 g/mol. The van der Waals surface area contributed by atoms with Crippen molar-refractivity contribution in [2.45, 2.75) is 84.0 Å². The minimum atomic E-state index is -0.611. The molecule has 15 rings (SSSR count). The SMILES string of the molecule is CC(C)(C)c1cc(N2c3cc(C(C)(C)C)cc4c3B(c3cc5c(cc3O4)[C@]3(c4ccccc4-c4ccc(-n6c7ccccc7c7ccccc76)cc43)c3ccccc3-5)c3oc4ccccc4c32)cc(C(C)(C)C)c1. The minimum Gasteiger partial charge on any atom is -0.468 e. The van der Waals surface area contributed by atoms with E-state index in [-0.39, 0.29) is 23.0 Å². The van der Waals surface area contributed by atoms with Crippen molar-refractivity contribution >= 4 is 73.1 Å². The molecule has 2 aliphatic heterocycles. The molecule has 0 saturated carbocycles. The van der Waals surface area contributed by atoms with E-state index in [9.17, 15) is 0 Å². The Bertz CT molecular complexity index is 4180. The van der Waals surface area contributed by atoms with Gasteiger partial charge in [-0.3, -0.25) is 0 Å². The molecule has 11 aromatic rings. The van der Waals surface area contributed by atoms with Gasteiger partial charge in [0.1, 0.15) is 17.1 Å². The number of para-hydroxylation sites is 3. The summed E-state index contributed by atoms with van der Waals surface area (Å²) in [6, 6.07) is 68.7. The first-order valence-electron chi connectivity index (χ1n) is 26.4. The molecule has 0 saturated heterocycles. The Balaban J connectivity index is 1.01. The molecular weight excluding hydrogens is 900 g/mol. The summed E-state index contributed by atoms with van der Waals surface area (Å²) in [5.41, 5.74) is 24.1. The second-order valence-electron chi connectivity index (χ2n) is 24.5. The third kappa shape index (κ3) is 5.76. The van der Waals surface area contributed by atoms with E-state index in [1.807, 2.05) is 0 Å². The van der Waals surface area contributed by atoms with Gasteiger partial charge < -0.3 is 18.6 Å². The van der Waals surface area contributed by atoms with E-state index >= 15 is 0 Å². The van der Waals surface area contributed by atoms with Gasteiger partial charge in [0.15, 0.2) is 0 Å². The number of fused-ring (bicyclic) bond motifs is 19. The Morgan fingerprint density at radius 3 is 1.62 bits per heavy atom. The fraction of sp³-hybridized carbons (Fsp3) is 0.188. The van der Waals surface area contributed by atoms with Crippen LogP contribution in [0.25, 0.3) is 60.7 Å². The van der Waals surface area contributed by atoms with Crippen LogP contribution in [0.5, 0.6) is 11.5 Å². The number of nitrogens with zero attached hydrogens (tertiary/aromatic N) is 2. The van der Waals surface area contributed by atoms with E-state index in [4.69, 9.17) is 9.15 Å². The van der Waals surface area contributed by atoms with E-state index in [1.165, 1.54) is 83.0 Å². The molecule has 1 atom stereocenters. The summed E-state index contributed by atoms with van der Waals surface area (Å²) in [7, 11) is 0. The summed E-state index contributed by atoms with van der Waals surface area (Å²) in [6.07, 6.45) is 0.